The number of aliphatic hydroxyl groups excluding tert-OH is 2. The van der Waals surface area contributed by atoms with Crippen LogP contribution in [0.25, 0.3) is 10.9 Å². The predicted octanol–water partition coefficient (Wildman–Crippen LogP) is 7.03. The molecule has 4 saturated heterocycles. The highest BCUT2D eigenvalue weighted by Gasteiger charge is 2.43. The Morgan fingerprint density at radius 2 is 1.28 bits per heavy atom. The van der Waals surface area contributed by atoms with Gasteiger partial charge in [-0.1, -0.05) is 30.3 Å². The number of aliphatic hydroxyl groups is 4. The lowest BCUT2D eigenvalue weighted by atomic mass is 9.84. The molecule has 0 aliphatic carbocycles. The van der Waals surface area contributed by atoms with E-state index in [4.69, 9.17) is 26.4 Å². The number of piperidine rings is 4. The molecular formula is C53H69F3N8O7S. The third kappa shape index (κ3) is 12.9. The van der Waals surface area contributed by atoms with Crippen molar-refractivity contribution in [3.63, 3.8) is 0 Å². The van der Waals surface area contributed by atoms with E-state index in [1.807, 2.05) is 35.2 Å². The number of anilines is 2. The first-order chi connectivity index (χ1) is 34.6. The lowest BCUT2D eigenvalue weighted by Gasteiger charge is -2.43. The number of ether oxygens (including phenoxy) is 3. The number of thiocarbonyl (C=S) groups is 1. The number of halogens is 3. The van der Waals surface area contributed by atoms with Crippen molar-refractivity contribution in [2.75, 3.05) is 97.0 Å². The van der Waals surface area contributed by atoms with Crippen LogP contribution >= 0.6 is 12.2 Å². The van der Waals surface area contributed by atoms with Gasteiger partial charge in [-0.3, -0.25) is 0 Å². The summed E-state index contributed by atoms with van der Waals surface area (Å²) in [6, 6.07) is 23.0. The summed E-state index contributed by atoms with van der Waals surface area (Å²) in [5.41, 5.74) is 1.21. The van der Waals surface area contributed by atoms with Crippen LogP contribution < -0.4 is 24.4 Å². The SMILES string of the molecule is COc1ccc(C2CCN(CC(O)C3(O)CCN(C(=S)Nc4cc(OC)cc(OC)c4)CC3)CC2)cc1.OC(CN1CCC(c2c[nH]c3ccccc23)CC1)C1(O)CCN(c2nccc(C(F)(F)F)n2)CC1. The van der Waals surface area contributed by atoms with Crippen LogP contribution in [0, 0.1) is 0 Å². The maximum atomic E-state index is 13.0. The summed E-state index contributed by atoms with van der Waals surface area (Å²) in [6.45, 7) is 6.04. The molecule has 9 rings (SSSR count). The lowest BCUT2D eigenvalue weighted by Crippen LogP contribution is -2.56. The summed E-state index contributed by atoms with van der Waals surface area (Å²) in [4.78, 5) is 19.1. The van der Waals surface area contributed by atoms with Crippen molar-refractivity contribution in [2.45, 2.75) is 92.8 Å². The lowest BCUT2D eigenvalue weighted by molar-refractivity contribution is -0.141. The molecule has 19 heteroatoms. The van der Waals surface area contributed by atoms with E-state index in [2.05, 4.69) is 66.6 Å². The van der Waals surface area contributed by atoms with E-state index in [-0.39, 0.29) is 31.9 Å². The zero-order valence-electron chi connectivity index (χ0n) is 41.4. The second kappa shape index (κ2) is 23.3. The number of alkyl halides is 3. The van der Waals surface area contributed by atoms with E-state index in [9.17, 15) is 33.6 Å². The van der Waals surface area contributed by atoms with Crippen LogP contribution in [-0.4, -0.2) is 165 Å². The van der Waals surface area contributed by atoms with E-state index in [0.29, 0.717) is 67.5 Å². The first-order valence-corrected chi connectivity index (χ1v) is 25.4. The Labute approximate surface area is 424 Å². The maximum Gasteiger partial charge on any atom is 0.433 e. The average Bonchev–Trinajstić information content (AvgIpc) is 3.83. The Kier molecular flexibility index (Phi) is 17.2. The minimum absolute atomic E-state index is 0.00396. The van der Waals surface area contributed by atoms with Gasteiger partial charge in [0.2, 0.25) is 5.95 Å². The van der Waals surface area contributed by atoms with Gasteiger partial charge in [0.1, 0.15) is 22.9 Å². The van der Waals surface area contributed by atoms with Crippen LogP contribution in [0.15, 0.2) is 85.2 Å². The van der Waals surface area contributed by atoms with Gasteiger partial charge in [-0.2, -0.15) is 13.2 Å². The number of benzene rings is 3. The number of likely N-dealkylation sites (tertiary alicyclic amines) is 3. The molecule has 4 fully saturated rings. The van der Waals surface area contributed by atoms with Gasteiger partial charge >= 0.3 is 6.18 Å². The molecule has 15 nitrogen and oxygen atoms in total. The number of para-hydroxylation sites is 1. The average molecular weight is 1020 g/mol. The molecule has 72 heavy (non-hydrogen) atoms. The first kappa shape index (κ1) is 53.0. The number of hydrogen-bond acceptors (Lipinski definition) is 13. The number of hydrogen-bond donors (Lipinski definition) is 6. The number of fused-ring (bicyclic) bond motifs is 1. The molecule has 6 N–H and O–H groups in total. The largest absolute Gasteiger partial charge is 0.497 e. The normalized spacial score (nSPS) is 20.0. The minimum atomic E-state index is -4.54. The van der Waals surface area contributed by atoms with Crippen molar-refractivity contribution in [1.29, 1.82) is 0 Å². The van der Waals surface area contributed by atoms with Gasteiger partial charge in [0.15, 0.2) is 5.11 Å². The van der Waals surface area contributed by atoms with E-state index < -0.39 is 35.3 Å². The topological polar surface area (TPSA) is 175 Å². The van der Waals surface area contributed by atoms with Gasteiger partial charge in [0.05, 0.1) is 44.7 Å². The minimum Gasteiger partial charge on any atom is -0.497 e. The standard InChI is InChI=1S/C28H39N3O5S.C25H30F3N5O2/c1-34-23-6-4-20(5-7-23)21-8-12-30(13-9-21)19-26(32)28(33)10-14-31(15-11-28)27(37)29-22-16-24(35-2)18-25(17-22)36-3;26-25(27,28)21-5-10-29-23(31-21)33-13-8-24(35,9-14-33)22(34)16-32-11-6-17(7-12-32)19-15-30-20-4-2-1-3-18(19)20/h4-7,16-18,21,26,32-33H,8-15,19H2,1-3H3,(H,29,37);1-5,10,15,17,22,30,34-35H,6-9,11-14,16H2. The van der Waals surface area contributed by atoms with Crippen molar-refractivity contribution < 1.29 is 47.8 Å². The van der Waals surface area contributed by atoms with Crippen molar-refractivity contribution in [3.05, 3.63) is 102 Å². The number of aromatic amines is 1. The molecule has 3 aromatic carbocycles. The van der Waals surface area contributed by atoms with Gasteiger partial charge in [-0.25, -0.2) is 9.97 Å². The van der Waals surface area contributed by atoms with Gasteiger partial charge in [-0.05, 0) is 137 Å². The molecule has 4 aliphatic rings. The number of nitrogens with zero attached hydrogens (tertiary/aromatic N) is 6. The molecule has 4 aliphatic heterocycles. The number of H-pyrrole nitrogens is 1. The molecule has 2 aromatic heterocycles. The monoisotopic (exact) mass is 1020 g/mol. The fraction of sp³-hybridized carbons (Fsp3) is 0.528. The molecule has 0 saturated carbocycles. The zero-order valence-corrected chi connectivity index (χ0v) is 42.2. The summed E-state index contributed by atoms with van der Waals surface area (Å²) in [6.07, 6.45) is 2.37. The van der Waals surface area contributed by atoms with Crippen LogP contribution in [0.5, 0.6) is 17.2 Å². The Morgan fingerprint density at radius 3 is 1.83 bits per heavy atom. The smallest absolute Gasteiger partial charge is 0.433 e. The second-order valence-electron chi connectivity index (χ2n) is 19.7. The Bertz CT molecular complexity index is 2520. The van der Waals surface area contributed by atoms with Gasteiger partial charge in [-0.15, -0.1) is 0 Å². The van der Waals surface area contributed by atoms with E-state index in [1.165, 1.54) is 16.5 Å². The Hall–Kier alpha value is -5.28. The number of β-amino-alcohol motifs (C(OH)–C–C–N with tert-alkyl or cyclic N) is 2. The Morgan fingerprint density at radius 1 is 0.736 bits per heavy atom. The molecule has 2 atom stereocenters. The molecule has 6 heterocycles. The molecule has 0 amide bonds. The quantitative estimate of drug-likeness (QED) is 0.0664. The fourth-order valence-corrected chi connectivity index (χ4v) is 10.9. The van der Waals surface area contributed by atoms with Crippen molar-refractivity contribution in [1.82, 2.24) is 29.7 Å². The number of aromatic nitrogens is 3. The third-order valence-electron chi connectivity index (χ3n) is 15.3. The molecule has 0 bridgehead atoms. The van der Waals surface area contributed by atoms with Crippen LogP contribution in [0.3, 0.4) is 0 Å². The summed E-state index contributed by atoms with van der Waals surface area (Å²) in [5.74, 6) is 3.20. The van der Waals surface area contributed by atoms with Crippen LogP contribution in [0.1, 0.15) is 80.0 Å². The number of nitrogens with one attached hydrogen (secondary N) is 2. The predicted molar refractivity (Wildman–Crippen MR) is 275 cm³/mol. The van der Waals surface area contributed by atoms with E-state index in [1.54, 1.807) is 32.3 Å². The van der Waals surface area contributed by atoms with Crippen LogP contribution in [0.4, 0.5) is 24.8 Å². The number of rotatable bonds is 13. The molecule has 0 radical (unpaired) electrons. The maximum absolute atomic E-state index is 13.0. The van der Waals surface area contributed by atoms with E-state index >= 15 is 0 Å². The van der Waals surface area contributed by atoms with Gasteiger partial charge in [0.25, 0.3) is 0 Å². The molecule has 390 valence electrons. The van der Waals surface area contributed by atoms with Crippen molar-refractivity contribution in [3.8, 4) is 17.2 Å². The van der Waals surface area contributed by atoms with Crippen LogP contribution in [-0.2, 0) is 6.18 Å². The number of methoxy groups -OCH3 is 3. The second-order valence-corrected chi connectivity index (χ2v) is 20.1. The zero-order chi connectivity index (χ0) is 51.0. The first-order valence-electron chi connectivity index (χ1n) is 25.0. The Balaban J connectivity index is 0.000000193. The summed E-state index contributed by atoms with van der Waals surface area (Å²) < 4.78 is 54.8. The highest BCUT2D eigenvalue weighted by Crippen LogP contribution is 2.36. The van der Waals surface area contributed by atoms with Gasteiger partial charge < -0.3 is 64.5 Å². The van der Waals surface area contributed by atoms with Crippen molar-refractivity contribution in [2.24, 2.45) is 0 Å². The molecule has 0 spiro atoms. The van der Waals surface area contributed by atoms with Crippen LogP contribution in [0.2, 0.25) is 0 Å². The molecule has 5 aromatic rings. The van der Waals surface area contributed by atoms with Crippen molar-refractivity contribution >= 4 is 39.9 Å². The summed E-state index contributed by atoms with van der Waals surface area (Å²) in [5, 5.41) is 49.3. The highest BCUT2D eigenvalue weighted by atomic mass is 32.1. The molecule has 2 unspecified atom stereocenters. The third-order valence-corrected chi connectivity index (χ3v) is 15.7. The highest BCUT2D eigenvalue weighted by molar-refractivity contribution is 7.80. The van der Waals surface area contributed by atoms with E-state index in [0.717, 1.165) is 81.1 Å². The molecular weight excluding hydrogens is 950 g/mol. The summed E-state index contributed by atoms with van der Waals surface area (Å²) in [7, 11) is 4.90. The summed E-state index contributed by atoms with van der Waals surface area (Å²) >= 11 is 5.63. The fourth-order valence-electron chi connectivity index (χ4n) is 10.6. The van der Waals surface area contributed by atoms with Gasteiger partial charge in [0, 0.05) is 86.5 Å².